The van der Waals surface area contributed by atoms with Crippen LogP contribution in [0.5, 0.6) is 0 Å². The van der Waals surface area contributed by atoms with Gasteiger partial charge in [0.2, 0.25) is 0 Å². The Balaban J connectivity index is 1.79. The Hall–Kier alpha value is -0.200. The zero-order valence-corrected chi connectivity index (χ0v) is 22.9. The Bertz CT molecular complexity index is 433. The number of ether oxygens (including phenoxy) is 3. The first kappa shape index (κ1) is 31.8. The van der Waals surface area contributed by atoms with Crippen LogP contribution in [-0.2, 0) is 14.2 Å². The molecule has 2 N–H and O–H groups in total. The summed E-state index contributed by atoms with van der Waals surface area (Å²) in [6, 6.07) is 0. The van der Waals surface area contributed by atoms with Crippen LogP contribution in [-0.4, -0.2) is 54.6 Å². The van der Waals surface area contributed by atoms with Crippen molar-refractivity contribution in [2.75, 3.05) is 13.7 Å². The lowest BCUT2D eigenvalue weighted by Crippen LogP contribution is -2.58. The number of methoxy groups -OCH3 is 1. The van der Waals surface area contributed by atoms with E-state index in [9.17, 15) is 10.2 Å². The molecule has 0 aromatic rings. The van der Waals surface area contributed by atoms with Gasteiger partial charge in [-0.1, -0.05) is 129 Å². The molecule has 1 aliphatic heterocycles. The van der Waals surface area contributed by atoms with Crippen molar-refractivity contribution in [3.63, 3.8) is 0 Å². The molecule has 0 spiro atoms. The van der Waals surface area contributed by atoms with Gasteiger partial charge in [0.15, 0.2) is 6.29 Å². The summed E-state index contributed by atoms with van der Waals surface area (Å²) < 4.78 is 16.5. The van der Waals surface area contributed by atoms with E-state index in [2.05, 4.69) is 6.92 Å². The van der Waals surface area contributed by atoms with Gasteiger partial charge in [-0.3, -0.25) is 0 Å². The Kier molecular flexibility index (Phi) is 20.6. The smallest absolute Gasteiger partial charge is 0.186 e. The lowest BCUT2D eigenvalue weighted by atomic mass is 10.00. The molecule has 1 fully saturated rings. The molecule has 5 nitrogen and oxygen atoms in total. The number of aliphatic hydroxyl groups is 2. The Morgan fingerprint density at radius 3 is 1.35 bits per heavy atom. The Morgan fingerprint density at radius 2 is 0.971 bits per heavy atom. The summed E-state index contributed by atoms with van der Waals surface area (Å²) in [5.74, 6) is 0. The van der Waals surface area contributed by atoms with Crippen molar-refractivity contribution < 1.29 is 24.4 Å². The van der Waals surface area contributed by atoms with Crippen molar-refractivity contribution in [3.8, 4) is 0 Å². The average Bonchev–Trinajstić information content (AvgIpc) is 2.83. The van der Waals surface area contributed by atoms with Crippen molar-refractivity contribution in [2.24, 2.45) is 0 Å². The summed E-state index contributed by atoms with van der Waals surface area (Å²) in [4.78, 5) is 0. The molecule has 1 aliphatic rings. The van der Waals surface area contributed by atoms with Gasteiger partial charge in [0.05, 0.1) is 6.10 Å². The van der Waals surface area contributed by atoms with E-state index >= 15 is 0 Å². The molecular formula is C29H58O5. The first-order chi connectivity index (χ1) is 16.6. The highest BCUT2D eigenvalue weighted by Crippen LogP contribution is 2.24. The van der Waals surface area contributed by atoms with E-state index in [1.165, 1.54) is 123 Å². The second-order valence-electron chi connectivity index (χ2n) is 10.5. The number of rotatable bonds is 23. The number of hydrogen-bond donors (Lipinski definition) is 2. The van der Waals surface area contributed by atoms with Gasteiger partial charge in [0.1, 0.15) is 18.3 Å². The molecule has 5 heteroatoms. The molecule has 1 heterocycles. The van der Waals surface area contributed by atoms with E-state index in [0.29, 0.717) is 6.61 Å². The second kappa shape index (κ2) is 22.0. The van der Waals surface area contributed by atoms with E-state index in [1.807, 2.05) is 0 Å². The summed E-state index contributed by atoms with van der Waals surface area (Å²) >= 11 is 0. The molecule has 0 radical (unpaired) electrons. The zero-order valence-electron chi connectivity index (χ0n) is 22.9. The second-order valence-corrected chi connectivity index (χ2v) is 10.5. The van der Waals surface area contributed by atoms with Gasteiger partial charge in [-0.15, -0.1) is 0 Å². The third-order valence-corrected chi connectivity index (χ3v) is 7.33. The monoisotopic (exact) mass is 486 g/mol. The van der Waals surface area contributed by atoms with Crippen LogP contribution < -0.4 is 0 Å². The minimum atomic E-state index is -0.957. The van der Waals surface area contributed by atoms with E-state index in [4.69, 9.17) is 14.2 Å². The topological polar surface area (TPSA) is 68.2 Å². The van der Waals surface area contributed by atoms with Crippen LogP contribution >= 0.6 is 0 Å². The van der Waals surface area contributed by atoms with Crippen LogP contribution in [0.3, 0.4) is 0 Å². The fourth-order valence-corrected chi connectivity index (χ4v) is 4.97. The molecule has 0 saturated carbocycles. The predicted molar refractivity (Wildman–Crippen MR) is 141 cm³/mol. The molecule has 0 unspecified atom stereocenters. The van der Waals surface area contributed by atoms with Crippen LogP contribution in [0.15, 0.2) is 0 Å². The lowest BCUT2D eigenvalue weighted by molar-refractivity contribution is -0.297. The maximum atomic E-state index is 10.2. The minimum Gasteiger partial charge on any atom is -0.388 e. The lowest BCUT2D eigenvalue weighted by Gasteiger charge is -2.40. The molecule has 34 heavy (non-hydrogen) atoms. The maximum Gasteiger partial charge on any atom is 0.186 e. The number of aliphatic hydroxyl groups excluding tert-OH is 2. The number of unbranched alkanes of at least 4 members (excludes halogenated alkanes) is 19. The highest BCUT2D eigenvalue weighted by atomic mass is 16.7. The van der Waals surface area contributed by atoms with Crippen molar-refractivity contribution in [3.05, 3.63) is 0 Å². The molecular weight excluding hydrogens is 428 g/mol. The normalized spacial score (nSPS) is 25.1. The van der Waals surface area contributed by atoms with E-state index in [1.54, 1.807) is 6.92 Å². The molecule has 5 atom stereocenters. The van der Waals surface area contributed by atoms with Crippen molar-refractivity contribution in [1.82, 2.24) is 0 Å². The fourth-order valence-electron chi connectivity index (χ4n) is 4.97. The molecule has 0 aromatic heterocycles. The molecule has 1 saturated heterocycles. The summed E-state index contributed by atoms with van der Waals surface area (Å²) in [5, 5.41) is 20.3. The summed E-state index contributed by atoms with van der Waals surface area (Å²) in [7, 11) is 1.49. The van der Waals surface area contributed by atoms with Gasteiger partial charge in [-0.2, -0.15) is 0 Å². The highest BCUT2D eigenvalue weighted by molar-refractivity contribution is 4.88. The molecule has 0 bridgehead atoms. The molecule has 1 rings (SSSR count). The van der Waals surface area contributed by atoms with Crippen LogP contribution in [0.4, 0.5) is 0 Å². The van der Waals surface area contributed by atoms with Gasteiger partial charge in [-0.05, 0) is 13.3 Å². The Morgan fingerprint density at radius 1 is 0.588 bits per heavy atom. The third kappa shape index (κ3) is 15.0. The van der Waals surface area contributed by atoms with Crippen molar-refractivity contribution in [1.29, 1.82) is 0 Å². The van der Waals surface area contributed by atoms with E-state index in [-0.39, 0.29) is 0 Å². The van der Waals surface area contributed by atoms with Gasteiger partial charge in [0.25, 0.3) is 0 Å². The Labute approximate surface area is 211 Å². The minimum absolute atomic E-state index is 0.409. The van der Waals surface area contributed by atoms with Crippen LogP contribution in [0.2, 0.25) is 0 Å². The molecule has 204 valence electrons. The molecule has 0 aromatic carbocycles. The van der Waals surface area contributed by atoms with E-state index < -0.39 is 30.7 Å². The zero-order chi connectivity index (χ0) is 24.9. The first-order valence-corrected chi connectivity index (χ1v) is 14.8. The standard InChI is InChI=1S/C29H58O5/c1-4-5-6-7-8-9-10-11-12-13-14-15-16-17-18-19-20-21-22-23-24-33-29-27(31)28(32-3)26(30)25(2)34-29/h25-31H,4-24H2,1-3H3/t25-,26-,27+,28+,29+/m0/s1. The van der Waals surface area contributed by atoms with Gasteiger partial charge in [0, 0.05) is 13.7 Å². The van der Waals surface area contributed by atoms with Crippen molar-refractivity contribution in [2.45, 2.75) is 173 Å². The van der Waals surface area contributed by atoms with Crippen LogP contribution in [0.25, 0.3) is 0 Å². The predicted octanol–water partition coefficient (Wildman–Crippen LogP) is 7.31. The highest BCUT2D eigenvalue weighted by Gasteiger charge is 2.43. The molecule has 0 amide bonds. The quantitative estimate of drug-likeness (QED) is 0.148. The maximum absolute atomic E-state index is 10.2. The SMILES string of the molecule is CCCCCCCCCCCCCCCCCCCCCCO[C@@H]1O[C@@H](C)[C@H](O)[C@@H](OC)[C@H]1O. The number of hydrogen-bond acceptors (Lipinski definition) is 5. The van der Waals surface area contributed by atoms with Crippen molar-refractivity contribution >= 4 is 0 Å². The molecule has 0 aliphatic carbocycles. The summed E-state index contributed by atoms with van der Waals surface area (Å²) in [6.45, 7) is 4.63. The average molecular weight is 487 g/mol. The first-order valence-electron chi connectivity index (χ1n) is 14.8. The largest absolute Gasteiger partial charge is 0.388 e. The van der Waals surface area contributed by atoms with Gasteiger partial charge >= 0.3 is 0 Å². The van der Waals surface area contributed by atoms with Crippen LogP contribution in [0, 0.1) is 0 Å². The van der Waals surface area contributed by atoms with Gasteiger partial charge < -0.3 is 24.4 Å². The summed E-state index contributed by atoms with van der Waals surface area (Å²) in [6.07, 6.45) is 23.8. The summed E-state index contributed by atoms with van der Waals surface area (Å²) in [5.41, 5.74) is 0. The van der Waals surface area contributed by atoms with E-state index in [0.717, 1.165) is 12.8 Å². The van der Waals surface area contributed by atoms with Gasteiger partial charge in [-0.25, -0.2) is 0 Å². The third-order valence-electron chi connectivity index (χ3n) is 7.33. The van der Waals surface area contributed by atoms with Crippen LogP contribution in [0.1, 0.15) is 142 Å². The fraction of sp³-hybridized carbons (Fsp3) is 1.00.